The minimum atomic E-state index is -0.0286. The molecule has 0 spiro atoms. The second-order valence-electron chi connectivity index (χ2n) is 6.64. The molecule has 2 heterocycles. The lowest BCUT2D eigenvalue weighted by molar-refractivity contribution is -0.142. The maximum Gasteiger partial charge on any atom is 0.248 e. The van der Waals surface area contributed by atoms with Crippen molar-refractivity contribution in [3.63, 3.8) is 0 Å². The summed E-state index contributed by atoms with van der Waals surface area (Å²) in [6.45, 7) is 4.66. The van der Waals surface area contributed by atoms with E-state index in [1.807, 2.05) is 28.0 Å². The molecule has 3 rings (SSSR count). The normalized spacial score (nSPS) is 18.3. The second-order valence-corrected chi connectivity index (χ2v) is 6.64. The lowest BCUT2D eigenvalue weighted by Crippen LogP contribution is -2.50. The Morgan fingerprint density at radius 3 is 1.92 bits per heavy atom. The molecule has 0 unspecified atom stereocenters. The number of hydrogen-bond donors (Lipinski definition) is 0. The van der Waals surface area contributed by atoms with Crippen LogP contribution in [0.25, 0.3) is 0 Å². The average molecular weight is 345 g/mol. The van der Waals surface area contributed by atoms with E-state index in [0.29, 0.717) is 13.1 Å². The van der Waals surface area contributed by atoms with Crippen LogP contribution in [0, 0.1) is 0 Å². The lowest BCUT2D eigenvalue weighted by atomic mass is 10.1. The summed E-state index contributed by atoms with van der Waals surface area (Å²) in [6, 6.07) is 10.2. The quantitative estimate of drug-likeness (QED) is 0.809. The van der Waals surface area contributed by atoms with Crippen LogP contribution in [-0.2, 0) is 14.3 Å². The van der Waals surface area contributed by atoms with Crippen molar-refractivity contribution in [3.8, 4) is 0 Å². The molecule has 6 nitrogen and oxygen atoms in total. The molecule has 136 valence electrons. The van der Waals surface area contributed by atoms with Crippen molar-refractivity contribution in [1.82, 2.24) is 9.80 Å². The van der Waals surface area contributed by atoms with Gasteiger partial charge in [-0.2, -0.15) is 0 Å². The van der Waals surface area contributed by atoms with Crippen molar-refractivity contribution < 1.29 is 14.3 Å². The first-order valence-electron chi connectivity index (χ1n) is 9.17. The number of anilines is 1. The summed E-state index contributed by atoms with van der Waals surface area (Å²) in [5.41, 5.74) is 1.19. The maximum absolute atomic E-state index is 12.3. The largest absolute Gasteiger partial charge is 0.368 e. The number of ether oxygens (including phenoxy) is 1. The van der Waals surface area contributed by atoms with Crippen LogP contribution >= 0.6 is 0 Å². The monoisotopic (exact) mass is 345 g/mol. The topological polar surface area (TPSA) is 53.1 Å². The third-order valence-corrected chi connectivity index (χ3v) is 4.91. The number of piperazine rings is 1. The molecule has 2 amide bonds. The Morgan fingerprint density at radius 2 is 1.32 bits per heavy atom. The predicted octanol–water partition coefficient (Wildman–Crippen LogP) is 1.36. The number of para-hydroxylation sites is 1. The fraction of sp³-hybridized carbons (Fsp3) is 0.579. The summed E-state index contributed by atoms with van der Waals surface area (Å²) in [5, 5.41) is 0. The molecule has 1 aromatic rings. The molecule has 0 saturated carbocycles. The first-order chi connectivity index (χ1) is 12.2. The zero-order valence-corrected chi connectivity index (χ0v) is 14.7. The molecule has 2 aliphatic rings. The minimum Gasteiger partial charge on any atom is -0.368 e. The van der Waals surface area contributed by atoms with E-state index in [1.165, 1.54) is 12.1 Å². The number of carbonyl (C=O) groups excluding carboxylic acids is 2. The van der Waals surface area contributed by atoms with E-state index < -0.39 is 0 Å². The highest BCUT2D eigenvalue weighted by molar-refractivity contribution is 5.80. The number of amides is 2. The third kappa shape index (κ3) is 4.95. The Morgan fingerprint density at radius 1 is 0.760 bits per heavy atom. The van der Waals surface area contributed by atoms with Gasteiger partial charge in [-0.05, 0) is 31.4 Å². The lowest BCUT2D eigenvalue weighted by Gasteiger charge is -2.36. The Hall–Kier alpha value is -2.08. The smallest absolute Gasteiger partial charge is 0.248 e. The number of carbonyl (C=O) groups is 2. The van der Waals surface area contributed by atoms with Crippen LogP contribution in [0.4, 0.5) is 5.69 Å². The van der Waals surface area contributed by atoms with E-state index in [1.54, 1.807) is 0 Å². The van der Waals surface area contributed by atoms with E-state index >= 15 is 0 Å². The van der Waals surface area contributed by atoms with Gasteiger partial charge in [-0.15, -0.1) is 0 Å². The first-order valence-corrected chi connectivity index (χ1v) is 9.17. The molecule has 2 saturated heterocycles. The zero-order chi connectivity index (χ0) is 17.5. The Bertz CT molecular complexity index is 565. The highest BCUT2D eigenvalue weighted by atomic mass is 16.5. The van der Waals surface area contributed by atoms with Gasteiger partial charge in [0.15, 0.2) is 0 Å². The van der Waals surface area contributed by atoms with Crippen LogP contribution in [0.15, 0.2) is 30.3 Å². The van der Waals surface area contributed by atoms with Gasteiger partial charge in [0.1, 0.15) is 13.2 Å². The zero-order valence-electron chi connectivity index (χ0n) is 14.7. The molecule has 25 heavy (non-hydrogen) atoms. The maximum atomic E-state index is 12.3. The van der Waals surface area contributed by atoms with E-state index in [0.717, 1.165) is 39.0 Å². The van der Waals surface area contributed by atoms with Crippen LogP contribution in [0.2, 0.25) is 0 Å². The summed E-state index contributed by atoms with van der Waals surface area (Å²) in [5.74, 6) is -0.0273. The van der Waals surface area contributed by atoms with Gasteiger partial charge in [0, 0.05) is 45.0 Å². The van der Waals surface area contributed by atoms with Crippen molar-refractivity contribution in [2.24, 2.45) is 0 Å². The van der Waals surface area contributed by atoms with E-state index in [9.17, 15) is 9.59 Å². The SMILES string of the molecule is O=C(COCC(=O)N1CCN(c2ccccc2)CC1)N1CCCCC1. The number of hydrogen-bond acceptors (Lipinski definition) is 4. The summed E-state index contributed by atoms with van der Waals surface area (Å²) in [6.07, 6.45) is 3.32. The van der Waals surface area contributed by atoms with Gasteiger partial charge in [0.2, 0.25) is 11.8 Å². The minimum absolute atomic E-state index is 0.00129. The summed E-state index contributed by atoms with van der Waals surface area (Å²) < 4.78 is 5.38. The van der Waals surface area contributed by atoms with Crippen LogP contribution in [0.5, 0.6) is 0 Å². The second kappa shape index (κ2) is 8.85. The van der Waals surface area contributed by atoms with Crippen molar-refractivity contribution in [3.05, 3.63) is 30.3 Å². The number of piperidine rings is 1. The van der Waals surface area contributed by atoms with Crippen molar-refractivity contribution in [1.29, 1.82) is 0 Å². The molecule has 0 radical (unpaired) electrons. The number of rotatable bonds is 5. The molecule has 6 heteroatoms. The van der Waals surface area contributed by atoms with Crippen molar-refractivity contribution in [2.45, 2.75) is 19.3 Å². The van der Waals surface area contributed by atoms with E-state index in [-0.39, 0.29) is 25.0 Å². The van der Waals surface area contributed by atoms with Crippen LogP contribution < -0.4 is 4.90 Å². The van der Waals surface area contributed by atoms with Gasteiger partial charge in [-0.1, -0.05) is 18.2 Å². The molecular formula is C19H27N3O3. The van der Waals surface area contributed by atoms with E-state index in [2.05, 4.69) is 17.0 Å². The molecule has 0 atom stereocenters. The molecule has 0 N–H and O–H groups in total. The number of likely N-dealkylation sites (tertiary alicyclic amines) is 1. The van der Waals surface area contributed by atoms with Gasteiger partial charge < -0.3 is 19.4 Å². The van der Waals surface area contributed by atoms with Gasteiger partial charge in [-0.25, -0.2) is 0 Å². The number of nitrogens with zero attached hydrogens (tertiary/aromatic N) is 3. The van der Waals surface area contributed by atoms with Gasteiger partial charge in [0.05, 0.1) is 0 Å². The summed E-state index contributed by atoms with van der Waals surface area (Å²) in [4.78, 5) is 30.2. The fourth-order valence-electron chi connectivity index (χ4n) is 3.40. The van der Waals surface area contributed by atoms with Crippen molar-refractivity contribution in [2.75, 3.05) is 57.4 Å². The highest BCUT2D eigenvalue weighted by Crippen LogP contribution is 2.15. The molecule has 0 bridgehead atoms. The predicted molar refractivity (Wildman–Crippen MR) is 96.5 cm³/mol. The van der Waals surface area contributed by atoms with Crippen LogP contribution in [0.1, 0.15) is 19.3 Å². The molecule has 2 aliphatic heterocycles. The first kappa shape index (κ1) is 17.7. The molecular weight excluding hydrogens is 318 g/mol. The average Bonchev–Trinajstić information content (AvgIpc) is 2.69. The standard InChI is InChI=1S/C19H27N3O3/c23-18(21-9-5-2-6-10-21)15-25-16-19(24)22-13-11-20(12-14-22)17-7-3-1-4-8-17/h1,3-4,7-8H,2,5-6,9-16H2. The van der Waals surface area contributed by atoms with Crippen molar-refractivity contribution >= 4 is 17.5 Å². The Labute approximate surface area is 149 Å². The van der Waals surface area contributed by atoms with Gasteiger partial charge in [0.25, 0.3) is 0 Å². The van der Waals surface area contributed by atoms with Gasteiger partial charge >= 0.3 is 0 Å². The summed E-state index contributed by atoms with van der Waals surface area (Å²) >= 11 is 0. The molecule has 0 aliphatic carbocycles. The fourth-order valence-corrected chi connectivity index (χ4v) is 3.40. The third-order valence-electron chi connectivity index (χ3n) is 4.91. The van der Waals surface area contributed by atoms with Crippen LogP contribution in [-0.4, -0.2) is 74.1 Å². The Balaban J connectivity index is 1.36. The highest BCUT2D eigenvalue weighted by Gasteiger charge is 2.22. The van der Waals surface area contributed by atoms with E-state index in [4.69, 9.17) is 4.74 Å². The number of benzene rings is 1. The Kier molecular flexibility index (Phi) is 6.28. The molecule has 0 aromatic heterocycles. The summed E-state index contributed by atoms with van der Waals surface area (Å²) in [7, 11) is 0. The molecule has 2 fully saturated rings. The molecule has 1 aromatic carbocycles. The van der Waals surface area contributed by atoms with Gasteiger partial charge in [-0.3, -0.25) is 9.59 Å². The van der Waals surface area contributed by atoms with Crippen LogP contribution in [0.3, 0.4) is 0 Å².